The number of aromatic nitrogens is 1. The van der Waals surface area contributed by atoms with Crippen LogP contribution in [0.15, 0.2) is 36.5 Å². The van der Waals surface area contributed by atoms with Crippen LogP contribution in [0.5, 0.6) is 0 Å². The van der Waals surface area contributed by atoms with E-state index in [2.05, 4.69) is 4.98 Å². The second-order valence-corrected chi connectivity index (χ2v) is 10.1. The average molecular weight is 432 g/mol. The molecular weight excluding hydrogens is 402 g/mol. The summed E-state index contributed by atoms with van der Waals surface area (Å²) in [4.78, 5) is 48.9. The summed E-state index contributed by atoms with van der Waals surface area (Å²) in [5.74, 6) is -1.56. The van der Waals surface area contributed by atoms with Crippen LogP contribution in [0.25, 0.3) is 17.0 Å². The highest BCUT2D eigenvalue weighted by molar-refractivity contribution is 6.13. The number of carbonyl (C=O) groups is 3. The number of fused-ring (bicyclic) bond motifs is 7. The molecule has 0 saturated carbocycles. The van der Waals surface area contributed by atoms with Gasteiger partial charge in [0.05, 0.1) is 29.1 Å². The summed E-state index contributed by atoms with van der Waals surface area (Å²) in [5, 5.41) is 0.974. The summed E-state index contributed by atoms with van der Waals surface area (Å²) in [6, 6.07) is 6.90. The van der Waals surface area contributed by atoms with E-state index in [4.69, 9.17) is 0 Å². The van der Waals surface area contributed by atoms with Crippen molar-refractivity contribution in [3.8, 4) is 0 Å². The molecule has 4 heterocycles. The van der Waals surface area contributed by atoms with Crippen molar-refractivity contribution in [2.75, 3.05) is 11.4 Å². The van der Waals surface area contributed by atoms with Crippen molar-refractivity contribution in [1.82, 2.24) is 9.88 Å². The summed E-state index contributed by atoms with van der Waals surface area (Å²) >= 11 is 0. The number of nitrogens with zero attached hydrogens (tertiary/aromatic N) is 3. The predicted octanol–water partition coefficient (Wildman–Crippen LogP) is 3.84. The number of likely N-dealkylation sites (tertiary alicyclic amines) is 1. The molecule has 0 unspecified atom stereocenters. The van der Waals surface area contributed by atoms with E-state index in [9.17, 15) is 14.4 Å². The molecule has 1 aromatic carbocycles. The number of pyridine rings is 1. The molecule has 32 heavy (non-hydrogen) atoms. The van der Waals surface area contributed by atoms with Gasteiger partial charge >= 0.3 is 0 Å². The lowest BCUT2D eigenvalue weighted by Crippen LogP contribution is -2.51. The molecule has 0 radical (unpaired) electrons. The van der Waals surface area contributed by atoms with Gasteiger partial charge in [-0.2, -0.15) is 0 Å². The third-order valence-electron chi connectivity index (χ3n) is 7.07. The predicted molar refractivity (Wildman–Crippen MR) is 124 cm³/mol. The van der Waals surface area contributed by atoms with E-state index < -0.39 is 23.3 Å². The molecule has 0 aliphatic carbocycles. The summed E-state index contributed by atoms with van der Waals surface area (Å²) < 4.78 is 0. The van der Waals surface area contributed by atoms with E-state index in [1.54, 1.807) is 6.20 Å². The van der Waals surface area contributed by atoms with E-state index in [0.29, 0.717) is 6.54 Å². The first kappa shape index (κ1) is 20.9. The fourth-order valence-corrected chi connectivity index (χ4v) is 5.52. The molecule has 0 bridgehead atoms. The zero-order valence-corrected chi connectivity index (χ0v) is 19.0. The minimum absolute atomic E-state index is 0.0114. The van der Waals surface area contributed by atoms with Gasteiger partial charge in [0, 0.05) is 23.5 Å². The molecule has 166 valence electrons. The number of hydrogen-bond acceptors (Lipinski definition) is 5. The number of amides is 2. The second-order valence-electron chi connectivity index (χ2n) is 10.1. The Morgan fingerprint density at radius 2 is 1.84 bits per heavy atom. The standard InChI is InChI=1S/C26H29N3O3/c1-5-6-14-28-24(31)18-17-12-11-16-10-9-15-8-7-13-27-20(15)21(16)29(17)22(19(18)25(28)32)23(30)26(2,3)4/h7-13,17-19,22H,5-6,14H2,1-4H3/t17-,18+,19+,22-/m1/s1. The molecule has 2 saturated heterocycles. The van der Waals surface area contributed by atoms with Crippen LogP contribution in [0.1, 0.15) is 46.1 Å². The number of unbranched alkanes of at least 4 members (excludes halogenated alkanes) is 1. The zero-order chi connectivity index (χ0) is 22.8. The number of anilines is 1. The quantitative estimate of drug-likeness (QED) is 0.688. The number of carbonyl (C=O) groups excluding carboxylic acids is 3. The Bertz CT molecular complexity index is 1160. The van der Waals surface area contributed by atoms with Crippen LogP contribution in [0.3, 0.4) is 0 Å². The van der Waals surface area contributed by atoms with Crippen LogP contribution in [0, 0.1) is 17.3 Å². The lowest BCUT2D eigenvalue weighted by Gasteiger charge is -2.39. The first-order chi connectivity index (χ1) is 15.3. The Morgan fingerprint density at radius 3 is 2.56 bits per heavy atom. The Morgan fingerprint density at radius 1 is 1.09 bits per heavy atom. The van der Waals surface area contributed by atoms with Gasteiger partial charge < -0.3 is 4.90 Å². The highest BCUT2D eigenvalue weighted by Gasteiger charge is 2.64. The Labute approximate surface area is 188 Å². The van der Waals surface area contributed by atoms with E-state index in [0.717, 1.165) is 35.0 Å². The largest absolute Gasteiger partial charge is 0.351 e. The van der Waals surface area contributed by atoms with Crippen molar-refractivity contribution in [2.45, 2.75) is 52.6 Å². The highest BCUT2D eigenvalue weighted by atomic mass is 16.2. The normalized spacial score (nSPS) is 26.5. The van der Waals surface area contributed by atoms with Crippen molar-refractivity contribution < 1.29 is 14.4 Å². The van der Waals surface area contributed by atoms with Crippen LogP contribution >= 0.6 is 0 Å². The number of Topliss-reactive ketones (excluding diaryl/α,β-unsaturated/α-hetero) is 1. The molecule has 3 aliphatic rings. The molecule has 4 atom stereocenters. The first-order valence-electron chi connectivity index (χ1n) is 11.5. The van der Waals surface area contributed by atoms with Gasteiger partial charge in [0.2, 0.25) is 11.8 Å². The first-order valence-corrected chi connectivity index (χ1v) is 11.5. The molecule has 2 aromatic rings. The summed E-state index contributed by atoms with van der Waals surface area (Å²) in [7, 11) is 0. The molecule has 1 aromatic heterocycles. The maximum atomic E-state index is 13.8. The van der Waals surface area contributed by atoms with Gasteiger partial charge in [-0.25, -0.2) is 0 Å². The molecule has 6 nitrogen and oxygen atoms in total. The number of hydrogen-bond donors (Lipinski definition) is 0. The molecule has 2 amide bonds. The van der Waals surface area contributed by atoms with Gasteiger partial charge in [-0.15, -0.1) is 0 Å². The van der Waals surface area contributed by atoms with Gasteiger partial charge in [-0.3, -0.25) is 24.3 Å². The molecule has 3 aliphatic heterocycles. The molecule has 0 N–H and O–H groups in total. The number of ketones is 1. The van der Waals surface area contributed by atoms with Crippen molar-refractivity contribution in [3.63, 3.8) is 0 Å². The fraction of sp³-hybridized carbons (Fsp3) is 0.462. The van der Waals surface area contributed by atoms with Crippen LogP contribution in [0.4, 0.5) is 5.69 Å². The Balaban J connectivity index is 1.70. The lowest BCUT2D eigenvalue weighted by atomic mass is 9.79. The smallest absolute Gasteiger partial charge is 0.235 e. The molecule has 6 heteroatoms. The van der Waals surface area contributed by atoms with Crippen LogP contribution in [-0.4, -0.2) is 46.1 Å². The third kappa shape index (κ3) is 2.85. The van der Waals surface area contributed by atoms with Gasteiger partial charge in [0.25, 0.3) is 0 Å². The van der Waals surface area contributed by atoms with Crippen molar-refractivity contribution in [1.29, 1.82) is 0 Å². The van der Waals surface area contributed by atoms with Gasteiger partial charge in [0.15, 0.2) is 5.78 Å². The SMILES string of the molecule is CCCCN1C(=O)[C@@H]2[C@H](C1=O)[C@H](C(=O)C(C)(C)C)N1c3c(ccc4cccnc34)C=C[C@H]21. The maximum absolute atomic E-state index is 13.8. The summed E-state index contributed by atoms with van der Waals surface area (Å²) in [5.41, 5.74) is 1.97. The van der Waals surface area contributed by atoms with Gasteiger partial charge in [-0.05, 0) is 18.1 Å². The average Bonchev–Trinajstić information content (AvgIpc) is 3.23. The van der Waals surface area contributed by atoms with Crippen LogP contribution in [-0.2, 0) is 14.4 Å². The van der Waals surface area contributed by atoms with Crippen molar-refractivity contribution >= 4 is 40.3 Å². The van der Waals surface area contributed by atoms with Crippen LogP contribution < -0.4 is 4.90 Å². The third-order valence-corrected chi connectivity index (χ3v) is 7.07. The van der Waals surface area contributed by atoms with Crippen molar-refractivity contribution in [2.24, 2.45) is 17.3 Å². The molecular formula is C26H29N3O3. The molecule has 5 rings (SSSR count). The zero-order valence-electron chi connectivity index (χ0n) is 19.0. The Kier molecular flexibility index (Phi) is 4.73. The van der Waals surface area contributed by atoms with Crippen molar-refractivity contribution in [3.05, 3.63) is 42.1 Å². The fourth-order valence-electron chi connectivity index (χ4n) is 5.52. The summed E-state index contributed by atoms with van der Waals surface area (Å²) in [6.45, 7) is 8.12. The van der Waals surface area contributed by atoms with E-state index in [1.165, 1.54) is 4.90 Å². The number of imide groups is 1. The monoisotopic (exact) mass is 431 g/mol. The van der Waals surface area contributed by atoms with Crippen LogP contribution in [0.2, 0.25) is 0 Å². The topological polar surface area (TPSA) is 70.6 Å². The summed E-state index contributed by atoms with van der Waals surface area (Å²) in [6.07, 6.45) is 7.43. The van der Waals surface area contributed by atoms with Gasteiger partial charge in [0.1, 0.15) is 6.04 Å². The van der Waals surface area contributed by atoms with E-state index in [1.807, 2.05) is 69.0 Å². The van der Waals surface area contributed by atoms with E-state index in [-0.39, 0.29) is 23.6 Å². The maximum Gasteiger partial charge on any atom is 0.235 e. The van der Waals surface area contributed by atoms with E-state index >= 15 is 0 Å². The second kappa shape index (κ2) is 7.26. The minimum atomic E-state index is -0.690. The highest BCUT2D eigenvalue weighted by Crippen LogP contribution is 2.51. The minimum Gasteiger partial charge on any atom is -0.351 e. The Hall–Kier alpha value is -3.02. The number of rotatable bonds is 4. The lowest BCUT2D eigenvalue weighted by molar-refractivity contribution is -0.142. The molecule has 2 fully saturated rings. The van der Waals surface area contributed by atoms with Gasteiger partial charge in [-0.1, -0.05) is 64.5 Å². The number of benzene rings is 1. The molecule has 0 spiro atoms.